The summed E-state index contributed by atoms with van der Waals surface area (Å²) < 4.78 is 0. The van der Waals surface area contributed by atoms with Crippen molar-refractivity contribution in [2.45, 2.75) is 38.3 Å². The van der Waals surface area contributed by atoms with E-state index in [4.69, 9.17) is 5.84 Å². The Balaban J connectivity index is 1.83. The number of hydrogen-bond acceptors (Lipinski definition) is 4. The molecule has 2 rings (SSSR count). The third kappa shape index (κ3) is 2.53. The maximum Gasteiger partial charge on any atom is 0.251 e. The molecule has 2 aliphatic rings. The Morgan fingerprint density at radius 1 is 1.38 bits per heavy atom. The fraction of sp³-hybridized carbons (Fsp3) is 0.909. The van der Waals surface area contributed by atoms with E-state index < -0.39 is 0 Å². The molecule has 0 aromatic carbocycles. The predicted molar refractivity (Wildman–Crippen MR) is 62.6 cm³/mol. The number of piperazine rings is 1. The summed E-state index contributed by atoms with van der Waals surface area (Å²) in [4.78, 5) is 16.4. The van der Waals surface area contributed by atoms with E-state index in [1.165, 1.54) is 12.8 Å². The highest BCUT2D eigenvalue weighted by atomic mass is 16.2. The van der Waals surface area contributed by atoms with Gasteiger partial charge in [-0.15, -0.1) is 0 Å². The summed E-state index contributed by atoms with van der Waals surface area (Å²) in [5.41, 5.74) is 2.27. The molecule has 5 heteroatoms. The lowest BCUT2D eigenvalue weighted by molar-refractivity contribution is -0.127. The number of amides is 1. The van der Waals surface area contributed by atoms with Gasteiger partial charge in [0.05, 0.1) is 6.04 Å². The maximum atomic E-state index is 11.6. The number of carbonyl (C=O) groups is 1. The molecule has 0 spiro atoms. The molecule has 1 saturated heterocycles. The van der Waals surface area contributed by atoms with Gasteiger partial charge in [-0.2, -0.15) is 0 Å². The number of nitrogens with one attached hydrogen (secondary N) is 1. The zero-order valence-electron chi connectivity index (χ0n) is 9.98. The van der Waals surface area contributed by atoms with Crippen molar-refractivity contribution in [1.29, 1.82) is 0 Å². The molecule has 1 atom stereocenters. The highest BCUT2D eigenvalue weighted by molar-refractivity contribution is 5.81. The lowest BCUT2D eigenvalue weighted by atomic mass is 10.1. The van der Waals surface area contributed by atoms with Gasteiger partial charge in [-0.05, 0) is 19.3 Å². The second-order valence-electron chi connectivity index (χ2n) is 4.74. The lowest BCUT2D eigenvalue weighted by Crippen LogP contribution is -2.55. The summed E-state index contributed by atoms with van der Waals surface area (Å²) in [6.07, 6.45) is 3.55. The van der Waals surface area contributed by atoms with Crippen LogP contribution >= 0.6 is 0 Å². The molecule has 0 aromatic heterocycles. The van der Waals surface area contributed by atoms with E-state index in [1.807, 2.05) is 6.92 Å². The second kappa shape index (κ2) is 5.12. The molecule has 1 aliphatic carbocycles. The molecular weight excluding hydrogens is 204 g/mol. The van der Waals surface area contributed by atoms with Gasteiger partial charge in [0.15, 0.2) is 0 Å². The quantitative estimate of drug-likeness (QED) is 0.387. The topological polar surface area (TPSA) is 61.6 Å². The number of hydrogen-bond donors (Lipinski definition) is 2. The van der Waals surface area contributed by atoms with Crippen molar-refractivity contribution in [3.63, 3.8) is 0 Å². The summed E-state index contributed by atoms with van der Waals surface area (Å²) in [5.74, 6) is 5.15. The summed E-state index contributed by atoms with van der Waals surface area (Å²) in [7, 11) is 0. The highest BCUT2D eigenvalue weighted by Gasteiger charge is 2.33. The Hall–Kier alpha value is -0.650. The van der Waals surface area contributed by atoms with Crippen LogP contribution in [-0.2, 0) is 4.79 Å². The van der Waals surface area contributed by atoms with Crippen LogP contribution in [0.2, 0.25) is 0 Å². The van der Waals surface area contributed by atoms with Crippen LogP contribution in [0.25, 0.3) is 0 Å². The molecule has 0 aromatic rings. The molecular formula is C11H22N4O. The molecule has 16 heavy (non-hydrogen) atoms. The van der Waals surface area contributed by atoms with Gasteiger partial charge in [-0.3, -0.25) is 20.0 Å². The van der Waals surface area contributed by atoms with Crippen molar-refractivity contribution in [3.8, 4) is 0 Å². The SMILES string of the molecule is CCC(C(=O)NN)N1CCN(C2CC2)CC1. The molecule has 1 amide bonds. The predicted octanol–water partition coefficient (Wildman–Crippen LogP) is -0.465. The molecule has 1 heterocycles. The van der Waals surface area contributed by atoms with Crippen molar-refractivity contribution < 1.29 is 4.79 Å². The van der Waals surface area contributed by atoms with Crippen LogP contribution in [0.15, 0.2) is 0 Å². The minimum absolute atomic E-state index is 0.0497. The Kier molecular flexibility index (Phi) is 3.78. The van der Waals surface area contributed by atoms with Gasteiger partial charge in [0.2, 0.25) is 0 Å². The van der Waals surface area contributed by atoms with Crippen molar-refractivity contribution >= 4 is 5.91 Å². The molecule has 1 aliphatic heterocycles. The molecule has 0 radical (unpaired) electrons. The molecule has 3 N–H and O–H groups in total. The maximum absolute atomic E-state index is 11.6. The molecule has 5 nitrogen and oxygen atoms in total. The van der Waals surface area contributed by atoms with Gasteiger partial charge in [0.25, 0.3) is 5.91 Å². The van der Waals surface area contributed by atoms with Crippen LogP contribution in [0.3, 0.4) is 0 Å². The van der Waals surface area contributed by atoms with Gasteiger partial charge < -0.3 is 0 Å². The smallest absolute Gasteiger partial charge is 0.251 e. The molecule has 2 fully saturated rings. The molecule has 1 unspecified atom stereocenters. The first-order valence-corrected chi connectivity index (χ1v) is 6.24. The largest absolute Gasteiger partial charge is 0.298 e. The Morgan fingerprint density at radius 3 is 2.44 bits per heavy atom. The average Bonchev–Trinajstić information content (AvgIpc) is 3.14. The van der Waals surface area contributed by atoms with E-state index in [1.54, 1.807) is 0 Å². The number of nitrogens with two attached hydrogens (primary N) is 1. The van der Waals surface area contributed by atoms with E-state index in [-0.39, 0.29) is 11.9 Å². The van der Waals surface area contributed by atoms with Crippen molar-refractivity contribution in [2.24, 2.45) is 5.84 Å². The molecule has 1 saturated carbocycles. The summed E-state index contributed by atoms with van der Waals surface area (Å²) in [6.45, 7) is 6.20. The van der Waals surface area contributed by atoms with Crippen LogP contribution in [-0.4, -0.2) is 54.0 Å². The number of nitrogens with zero attached hydrogens (tertiary/aromatic N) is 2. The summed E-state index contributed by atoms with van der Waals surface area (Å²) in [5, 5.41) is 0. The minimum atomic E-state index is -0.0534. The zero-order chi connectivity index (χ0) is 11.5. The van der Waals surface area contributed by atoms with Gasteiger partial charge in [0, 0.05) is 32.2 Å². The van der Waals surface area contributed by atoms with Crippen molar-refractivity contribution in [1.82, 2.24) is 15.2 Å². The Morgan fingerprint density at radius 2 is 2.00 bits per heavy atom. The van der Waals surface area contributed by atoms with Gasteiger partial charge in [0.1, 0.15) is 0 Å². The van der Waals surface area contributed by atoms with Crippen LogP contribution in [0.1, 0.15) is 26.2 Å². The summed E-state index contributed by atoms with van der Waals surface area (Å²) >= 11 is 0. The van der Waals surface area contributed by atoms with Gasteiger partial charge in [-0.25, -0.2) is 5.84 Å². The van der Waals surface area contributed by atoms with Crippen LogP contribution in [0.4, 0.5) is 0 Å². The number of carbonyl (C=O) groups excluding carboxylic acids is 1. The van der Waals surface area contributed by atoms with E-state index in [0.29, 0.717) is 0 Å². The highest BCUT2D eigenvalue weighted by Crippen LogP contribution is 2.27. The normalized spacial score (nSPS) is 25.4. The van der Waals surface area contributed by atoms with Crippen LogP contribution in [0, 0.1) is 0 Å². The van der Waals surface area contributed by atoms with Crippen LogP contribution < -0.4 is 11.3 Å². The zero-order valence-corrected chi connectivity index (χ0v) is 9.98. The molecule has 0 bridgehead atoms. The standard InChI is InChI=1S/C11H22N4O/c1-2-10(11(16)13-12)15-7-5-14(6-8-15)9-3-4-9/h9-10H,2-8,12H2,1H3,(H,13,16). The fourth-order valence-corrected chi connectivity index (χ4v) is 2.56. The first kappa shape index (κ1) is 11.8. The molecule has 92 valence electrons. The lowest BCUT2D eigenvalue weighted by Gasteiger charge is -2.38. The van der Waals surface area contributed by atoms with Gasteiger partial charge in [-0.1, -0.05) is 6.92 Å². The number of rotatable bonds is 4. The first-order chi connectivity index (χ1) is 7.76. The van der Waals surface area contributed by atoms with E-state index in [9.17, 15) is 4.79 Å². The number of hydrazine groups is 1. The monoisotopic (exact) mass is 226 g/mol. The Bertz CT molecular complexity index is 246. The second-order valence-corrected chi connectivity index (χ2v) is 4.74. The fourth-order valence-electron chi connectivity index (χ4n) is 2.56. The van der Waals surface area contributed by atoms with Crippen molar-refractivity contribution in [2.75, 3.05) is 26.2 Å². The Labute approximate surface area is 96.9 Å². The van der Waals surface area contributed by atoms with E-state index in [2.05, 4.69) is 15.2 Å². The average molecular weight is 226 g/mol. The van der Waals surface area contributed by atoms with Crippen molar-refractivity contribution in [3.05, 3.63) is 0 Å². The third-order valence-corrected chi connectivity index (χ3v) is 3.68. The summed E-state index contributed by atoms with van der Waals surface area (Å²) in [6, 6.07) is 0.789. The van der Waals surface area contributed by atoms with E-state index >= 15 is 0 Å². The van der Waals surface area contributed by atoms with Crippen LogP contribution in [0.5, 0.6) is 0 Å². The first-order valence-electron chi connectivity index (χ1n) is 6.24. The van der Waals surface area contributed by atoms with Gasteiger partial charge >= 0.3 is 0 Å². The third-order valence-electron chi connectivity index (χ3n) is 3.68. The van der Waals surface area contributed by atoms with E-state index in [0.717, 1.165) is 38.6 Å². The minimum Gasteiger partial charge on any atom is -0.298 e.